The van der Waals surface area contributed by atoms with Crippen LogP contribution >= 0.6 is 19.2 Å². The molecule has 0 saturated carbocycles. The first-order chi connectivity index (χ1) is 6.51. The minimum absolute atomic E-state index is 0.156. The van der Waals surface area contributed by atoms with E-state index in [1.54, 1.807) is 20.8 Å². The van der Waals surface area contributed by atoms with E-state index in [9.17, 15) is 9.67 Å². The summed E-state index contributed by atoms with van der Waals surface area (Å²) < 4.78 is 21.6. The van der Waals surface area contributed by atoms with E-state index in [2.05, 4.69) is 0 Å². The fourth-order valence-corrected chi connectivity index (χ4v) is 2.68. The maximum absolute atomic E-state index is 11.9. The Morgan fingerprint density at radius 1 is 1.29 bits per heavy atom. The molecule has 0 atom stereocenters. The molecule has 0 aromatic rings. The molecule has 0 amide bonds. The summed E-state index contributed by atoms with van der Waals surface area (Å²) in [6.07, 6.45) is 0.295. The third kappa shape index (κ3) is 3.62. The lowest BCUT2D eigenvalue weighted by atomic mass is 10.4. The molecular formula is C8H16ClO4P. The van der Waals surface area contributed by atoms with Gasteiger partial charge in [-0.1, -0.05) is 18.5 Å². The van der Waals surface area contributed by atoms with E-state index in [-0.39, 0.29) is 23.7 Å². The van der Waals surface area contributed by atoms with Gasteiger partial charge in [-0.3, -0.25) is 4.57 Å². The molecule has 0 saturated heterocycles. The van der Waals surface area contributed by atoms with E-state index in [1.165, 1.54) is 0 Å². The minimum Gasteiger partial charge on any atom is -0.510 e. The molecule has 0 aliphatic rings. The smallest absolute Gasteiger partial charge is 0.376 e. The zero-order valence-electron chi connectivity index (χ0n) is 8.62. The fourth-order valence-electron chi connectivity index (χ4n) is 0.794. The lowest BCUT2D eigenvalue weighted by Gasteiger charge is -2.16. The van der Waals surface area contributed by atoms with Gasteiger partial charge in [-0.15, -0.1) is 0 Å². The Balaban J connectivity index is 4.91. The van der Waals surface area contributed by atoms with E-state index in [0.717, 1.165) is 0 Å². The predicted octanol–water partition coefficient (Wildman–Crippen LogP) is 3.63. The van der Waals surface area contributed by atoms with Crippen LogP contribution in [0.15, 0.2) is 10.5 Å². The van der Waals surface area contributed by atoms with Crippen LogP contribution in [0.3, 0.4) is 0 Å². The summed E-state index contributed by atoms with van der Waals surface area (Å²) in [5.74, 6) is -0.156. The van der Waals surface area contributed by atoms with Crippen molar-refractivity contribution in [3.05, 3.63) is 10.5 Å². The Kier molecular flexibility index (Phi) is 6.45. The predicted molar refractivity (Wildman–Crippen MR) is 56.7 cm³/mol. The molecule has 0 bridgehead atoms. The Bertz CT molecular complexity index is 242. The molecule has 4 nitrogen and oxygen atoms in total. The van der Waals surface area contributed by atoms with Crippen molar-refractivity contribution in [1.82, 2.24) is 0 Å². The van der Waals surface area contributed by atoms with Gasteiger partial charge in [0.2, 0.25) is 0 Å². The van der Waals surface area contributed by atoms with Gasteiger partial charge < -0.3 is 14.2 Å². The van der Waals surface area contributed by atoms with Crippen LogP contribution in [0.2, 0.25) is 0 Å². The van der Waals surface area contributed by atoms with Gasteiger partial charge in [0, 0.05) is 6.42 Å². The average molecular weight is 243 g/mol. The first kappa shape index (κ1) is 14.0. The molecule has 0 aliphatic heterocycles. The highest BCUT2D eigenvalue weighted by atomic mass is 35.5. The molecule has 0 aromatic carbocycles. The molecular weight excluding hydrogens is 227 g/mol. The van der Waals surface area contributed by atoms with Gasteiger partial charge in [-0.25, -0.2) is 0 Å². The largest absolute Gasteiger partial charge is 0.510 e. The van der Waals surface area contributed by atoms with Crippen molar-refractivity contribution in [1.29, 1.82) is 0 Å². The first-order valence-corrected chi connectivity index (χ1v) is 6.41. The SMILES string of the molecule is CCOP(=O)(OCC)/C(Cl)=C(\O)CC. The van der Waals surface area contributed by atoms with Crippen molar-refractivity contribution >= 4 is 19.2 Å². The van der Waals surface area contributed by atoms with Crippen molar-refractivity contribution in [3.8, 4) is 0 Å². The second-order valence-electron chi connectivity index (χ2n) is 2.42. The number of allylic oxidation sites excluding steroid dienone is 1. The number of hydrogen-bond donors (Lipinski definition) is 1. The Labute approximate surface area is 89.4 Å². The van der Waals surface area contributed by atoms with Crippen molar-refractivity contribution in [3.63, 3.8) is 0 Å². The maximum atomic E-state index is 11.9. The highest BCUT2D eigenvalue weighted by Crippen LogP contribution is 2.58. The summed E-state index contributed by atoms with van der Waals surface area (Å²) in [7, 11) is -3.49. The quantitative estimate of drug-likeness (QED) is 0.571. The molecule has 0 fully saturated rings. The molecule has 0 unspecified atom stereocenters. The van der Waals surface area contributed by atoms with E-state index in [4.69, 9.17) is 20.6 Å². The van der Waals surface area contributed by atoms with Crippen LogP contribution in [0.4, 0.5) is 0 Å². The number of rotatable bonds is 6. The van der Waals surface area contributed by atoms with Crippen molar-refractivity contribution < 1.29 is 18.7 Å². The number of hydrogen-bond acceptors (Lipinski definition) is 4. The average Bonchev–Trinajstić information content (AvgIpc) is 2.16. The van der Waals surface area contributed by atoms with Crippen molar-refractivity contribution in [2.45, 2.75) is 27.2 Å². The van der Waals surface area contributed by atoms with Gasteiger partial charge in [0.05, 0.1) is 13.2 Å². The van der Waals surface area contributed by atoms with Crippen LogP contribution in [0, 0.1) is 0 Å². The van der Waals surface area contributed by atoms with Crippen molar-refractivity contribution in [2.75, 3.05) is 13.2 Å². The van der Waals surface area contributed by atoms with Crippen molar-refractivity contribution in [2.24, 2.45) is 0 Å². The summed E-state index contributed by atoms with van der Waals surface area (Å²) in [6, 6.07) is 0. The summed E-state index contributed by atoms with van der Waals surface area (Å²) in [6.45, 7) is 5.48. The molecule has 84 valence electrons. The van der Waals surface area contributed by atoms with E-state index in [0.29, 0.717) is 6.42 Å². The summed E-state index contributed by atoms with van der Waals surface area (Å²) in [4.78, 5) is 0. The van der Waals surface area contributed by atoms with Crippen LogP contribution in [0.25, 0.3) is 0 Å². The summed E-state index contributed by atoms with van der Waals surface area (Å²) >= 11 is 5.71. The molecule has 1 N–H and O–H groups in total. The fraction of sp³-hybridized carbons (Fsp3) is 0.750. The van der Waals surface area contributed by atoms with Crippen LogP contribution in [0.1, 0.15) is 27.2 Å². The van der Waals surface area contributed by atoms with Crippen LogP contribution in [-0.4, -0.2) is 18.3 Å². The lowest BCUT2D eigenvalue weighted by Crippen LogP contribution is -1.98. The van der Waals surface area contributed by atoms with Gasteiger partial charge in [0.25, 0.3) is 0 Å². The van der Waals surface area contributed by atoms with Gasteiger partial charge in [0.1, 0.15) is 5.76 Å². The van der Waals surface area contributed by atoms with E-state index in [1.807, 2.05) is 0 Å². The highest BCUT2D eigenvalue weighted by Gasteiger charge is 2.31. The monoisotopic (exact) mass is 242 g/mol. The van der Waals surface area contributed by atoms with E-state index >= 15 is 0 Å². The third-order valence-electron chi connectivity index (χ3n) is 1.41. The maximum Gasteiger partial charge on any atom is 0.376 e. The lowest BCUT2D eigenvalue weighted by molar-refractivity contribution is 0.226. The van der Waals surface area contributed by atoms with Gasteiger partial charge in [-0.05, 0) is 13.8 Å². The number of aliphatic hydroxyl groups excluding tert-OH is 1. The normalized spacial score (nSPS) is 14.0. The molecule has 0 spiro atoms. The van der Waals surface area contributed by atoms with Gasteiger partial charge in [0.15, 0.2) is 4.77 Å². The Hall–Kier alpha value is -0.0200. The summed E-state index contributed by atoms with van der Waals surface area (Å²) in [5.41, 5.74) is 0. The second kappa shape index (κ2) is 6.46. The molecule has 0 heterocycles. The number of aliphatic hydroxyl groups is 1. The van der Waals surface area contributed by atoms with Crippen LogP contribution < -0.4 is 0 Å². The van der Waals surface area contributed by atoms with Gasteiger partial charge >= 0.3 is 7.60 Å². The van der Waals surface area contributed by atoms with Gasteiger partial charge in [-0.2, -0.15) is 0 Å². The zero-order valence-corrected chi connectivity index (χ0v) is 10.3. The molecule has 14 heavy (non-hydrogen) atoms. The van der Waals surface area contributed by atoms with Crippen LogP contribution in [-0.2, 0) is 13.6 Å². The molecule has 0 aromatic heterocycles. The topological polar surface area (TPSA) is 55.8 Å². The third-order valence-corrected chi connectivity index (χ3v) is 4.19. The minimum atomic E-state index is -3.49. The van der Waals surface area contributed by atoms with E-state index < -0.39 is 7.60 Å². The second-order valence-corrected chi connectivity index (χ2v) is 5.02. The standard InChI is InChI=1S/C8H16ClO4P/c1-4-7(10)8(9)14(11,12-5-2)13-6-3/h10H,4-6H2,1-3H3/b8-7-. The Morgan fingerprint density at radius 2 is 1.71 bits per heavy atom. The Morgan fingerprint density at radius 3 is 2.00 bits per heavy atom. The molecule has 0 radical (unpaired) electrons. The number of halogens is 1. The molecule has 6 heteroatoms. The van der Waals surface area contributed by atoms with Crippen LogP contribution in [0.5, 0.6) is 0 Å². The summed E-state index contributed by atoms with van der Waals surface area (Å²) in [5, 5.41) is 9.33. The molecule has 0 rings (SSSR count). The molecule has 0 aliphatic carbocycles. The highest BCUT2D eigenvalue weighted by molar-refractivity contribution is 7.61. The zero-order chi connectivity index (χ0) is 11.2. The first-order valence-electron chi connectivity index (χ1n) is 4.49.